The number of halogens is 2. The second kappa shape index (κ2) is 4.44. The Morgan fingerprint density at radius 3 is 2.93 bits per heavy atom. The maximum Gasteiger partial charge on any atom is 0.171 e. The first-order valence-corrected chi connectivity index (χ1v) is 5.93. The molecule has 2 aromatic rings. The van der Waals surface area contributed by atoms with Crippen molar-refractivity contribution in [2.24, 2.45) is 0 Å². The van der Waals surface area contributed by atoms with E-state index in [2.05, 4.69) is 45.0 Å². The maximum absolute atomic E-state index is 5.73. The van der Waals surface area contributed by atoms with Crippen LogP contribution in [-0.2, 0) is 5.88 Å². The first-order valence-electron chi connectivity index (χ1n) is 4.32. The predicted molar refractivity (Wildman–Crippen MR) is 66.2 cm³/mol. The Bertz CT molecular complexity index is 483. The van der Waals surface area contributed by atoms with Crippen LogP contribution in [0.4, 0.5) is 0 Å². The lowest BCUT2D eigenvalue weighted by atomic mass is 10.2. The minimum absolute atomic E-state index is 0.303. The van der Waals surface area contributed by atoms with Crippen molar-refractivity contribution >= 4 is 34.2 Å². The first kappa shape index (κ1) is 10.8. The highest BCUT2D eigenvalue weighted by molar-refractivity contribution is 14.1. The molecule has 2 rings (SSSR count). The molecule has 0 amide bonds. The molecule has 78 valence electrons. The van der Waals surface area contributed by atoms with Gasteiger partial charge in [0.25, 0.3) is 0 Å². The summed E-state index contributed by atoms with van der Waals surface area (Å²) in [6.07, 6.45) is 0. The van der Waals surface area contributed by atoms with Gasteiger partial charge >= 0.3 is 0 Å². The quantitative estimate of drug-likeness (QED) is 0.625. The molecule has 1 heterocycles. The molecule has 0 bridgehead atoms. The van der Waals surface area contributed by atoms with E-state index in [-0.39, 0.29) is 0 Å². The van der Waals surface area contributed by atoms with Gasteiger partial charge in [0.15, 0.2) is 5.82 Å². The average Bonchev–Trinajstić information content (AvgIpc) is 2.70. The van der Waals surface area contributed by atoms with Gasteiger partial charge in [-0.15, -0.1) is 16.7 Å². The summed E-state index contributed by atoms with van der Waals surface area (Å²) < 4.78 is 2.83. The third kappa shape index (κ3) is 2.12. The Hall–Kier alpha value is -0.690. The lowest BCUT2D eigenvalue weighted by Gasteiger charge is -2.04. The lowest BCUT2D eigenvalue weighted by molar-refractivity contribution is 0.776. The van der Waals surface area contributed by atoms with E-state index in [4.69, 9.17) is 11.6 Å². The van der Waals surface area contributed by atoms with E-state index in [1.807, 2.05) is 18.2 Å². The van der Waals surface area contributed by atoms with Crippen molar-refractivity contribution in [2.45, 2.75) is 12.8 Å². The molecule has 1 aromatic carbocycles. The van der Waals surface area contributed by atoms with Gasteiger partial charge in [-0.1, -0.05) is 6.07 Å². The zero-order valence-corrected chi connectivity index (χ0v) is 10.9. The number of aryl methyl sites for hydroxylation is 1. The molecule has 15 heavy (non-hydrogen) atoms. The second-order valence-corrected chi connectivity index (χ2v) is 4.50. The van der Waals surface area contributed by atoms with E-state index >= 15 is 0 Å². The topological polar surface area (TPSA) is 43.6 Å². The zero-order chi connectivity index (χ0) is 10.8. The molecule has 6 heteroatoms. The van der Waals surface area contributed by atoms with Crippen molar-refractivity contribution in [1.29, 1.82) is 0 Å². The Labute approximate surface area is 106 Å². The smallest absolute Gasteiger partial charge is 0.171 e. The minimum Gasteiger partial charge on any atom is -0.196 e. The molecule has 0 fully saturated rings. The third-order valence-corrected chi connectivity index (χ3v) is 3.45. The number of rotatable bonds is 2. The molecule has 0 N–H and O–H groups in total. The van der Waals surface area contributed by atoms with Crippen LogP contribution in [0.3, 0.4) is 0 Å². The molecule has 0 saturated heterocycles. The fourth-order valence-corrected chi connectivity index (χ4v) is 1.87. The van der Waals surface area contributed by atoms with E-state index in [0.29, 0.717) is 11.7 Å². The number of alkyl halides is 1. The minimum atomic E-state index is 0.303. The molecule has 0 aliphatic rings. The second-order valence-electron chi connectivity index (χ2n) is 3.07. The highest BCUT2D eigenvalue weighted by atomic mass is 127. The van der Waals surface area contributed by atoms with Crippen LogP contribution in [0.2, 0.25) is 0 Å². The molecule has 0 radical (unpaired) electrons. The van der Waals surface area contributed by atoms with Crippen LogP contribution < -0.4 is 0 Å². The van der Waals surface area contributed by atoms with Crippen molar-refractivity contribution in [3.63, 3.8) is 0 Å². The van der Waals surface area contributed by atoms with Crippen LogP contribution in [0.15, 0.2) is 18.2 Å². The lowest BCUT2D eigenvalue weighted by Crippen LogP contribution is -2.02. The van der Waals surface area contributed by atoms with Gasteiger partial charge in [-0.3, -0.25) is 0 Å². The number of tetrazole rings is 1. The number of nitrogens with zero attached hydrogens (tertiary/aromatic N) is 4. The molecular formula is C9H8ClIN4. The summed E-state index contributed by atoms with van der Waals surface area (Å²) in [6.45, 7) is 2.06. The van der Waals surface area contributed by atoms with E-state index in [1.165, 1.54) is 9.13 Å². The summed E-state index contributed by atoms with van der Waals surface area (Å²) in [5, 5.41) is 11.3. The number of hydrogen-bond acceptors (Lipinski definition) is 3. The van der Waals surface area contributed by atoms with Crippen LogP contribution in [0.1, 0.15) is 11.4 Å². The van der Waals surface area contributed by atoms with Gasteiger partial charge in [-0.2, -0.15) is 4.68 Å². The SMILES string of the molecule is Cc1ccc(-n2nnnc2CCl)cc1I. The molecule has 0 unspecified atom stereocenters. The molecule has 0 aliphatic carbocycles. The highest BCUT2D eigenvalue weighted by Crippen LogP contribution is 2.17. The Kier molecular flexibility index (Phi) is 3.20. The summed E-state index contributed by atoms with van der Waals surface area (Å²) in [4.78, 5) is 0. The number of aromatic nitrogens is 4. The van der Waals surface area contributed by atoms with Gasteiger partial charge in [0.05, 0.1) is 11.6 Å². The average molecular weight is 335 g/mol. The standard InChI is InChI=1S/C9H8ClIN4/c1-6-2-3-7(4-8(6)11)15-9(5-10)12-13-14-15/h2-4H,5H2,1H3. The van der Waals surface area contributed by atoms with Crippen LogP contribution >= 0.6 is 34.2 Å². The summed E-state index contributed by atoms with van der Waals surface area (Å²) >= 11 is 8.01. The first-order chi connectivity index (χ1) is 7.22. The molecule has 0 aliphatic heterocycles. The van der Waals surface area contributed by atoms with Gasteiger partial charge in [-0.25, -0.2) is 0 Å². The van der Waals surface area contributed by atoms with Gasteiger partial charge in [0, 0.05) is 3.57 Å². The summed E-state index contributed by atoms with van der Waals surface area (Å²) in [5.74, 6) is 0.952. The maximum atomic E-state index is 5.73. The van der Waals surface area contributed by atoms with Gasteiger partial charge in [0.1, 0.15) is 0 Å². The normalized spacial score (nSPS) is 10.6. The van der Waals surface area contributed by atoms with Gasteiger partial charge < -0.3 is 0 Å². The molecule has 0 atom stereocenters. The monoisotopic (exact) mass is 334 g/mol. The predicted octanol–water partition coefficient (Wildman–Crippen LogP) is 2.31. The summed E-state index contributed by atoms with van der Waals surface area (Å²) in [5.41, 5.74) is 2.17. The van der Waals surface area contributed by atoms with E-state index in [1.54, 1.807) is 4.68 Å². The molecule has 0 saturated carbocycles. The molecule has 0 spiro atoms. The number of benzene rings is 1. The van der Waals surface area contributed by atoms with E-state index < -0.39 is 0 Å². The summed E-state index contributed by atoms with van der Waals surface area (Å²) in [6, 6.07) is 6.04. The summed E-state index contributed by atoms with van der Waals surface area (Å²) in [7, 11) is 0. The van der Waals surface area contributed by atoms with Crippen molar-refractivity contribution in [3.8, 4) is 5.69 Å². The highest BCUT2D eigenvalue weighted by Gasteiger charge is 2.07. The zero-order valence-electron chi connectivity index (χ0n) is 7.98. The van der Waals surface area contributed by atoms with E-state index in [9.17, 15) is 0 Å². The van der Waals surface area contributed by atoms with Crippen LogP contribution in [0.5, 0.6) is 0 Å². The fraction of sp³-hybridized carbons (Fsp3) is 0.222. The third-order valence-electron chi connectivity index (χ3n) is 2.05. The van der Waals surface area contributed by atoms with Crippen molar-refractivity contribution in [2.75, 3.05) is 0 Å². The Morgan fingerprint density at radius 1 is 1.47 bits per heavy atom. The molecular weight excluding hydrogens is 326 g/mol. The van der Waals surface area contributed by atoms with Crippen LogP contribution in [0, 0.1) is 10.5 Å². The van der Waals surface area contributed by atoms with Gasteiger partial charge in [-0.05, 0) is 57.6 Å². The Balaban J connectivity index is 2.50. The van der Waals surface area contributed by atoms with Crippen molar-refractivity contribution < 1.29 is 0 Å². The van der Waals surface area contributed by atoms with Crippen LogP contribution in [0.25, 0.3) is 5.69 Å². The molecule has 1 aromatic heterocycles. The van der Waals surface area contributed by atoms with Crippen LogP contribution in [-0.4, -0.2) is 20.2 Å². The van der Waals surface area contributed by atoms with Gasteiger partial charge in [0.2, 0.25) is 0 Å². The molecule has 4 nitrogen and oxygen atoms in total. The number of hydrogen-bond donors (Lipinski definition) is 0. The van der Waals surface area contributed by atoms with Crippen molar-refractivity contribution in [1.82, 2.24) is 20.2 Å². The van der Waals surface area contributed by atoms with E-state index in [0.717, 1.165) is 5.69 Å². The Morgan fingerprint density at radius 2 is 2.27 bits per heavy atom. The van der Waals surface area contributed by atoms with Crippen molar-refractivity contribution in [3.05, 3.63) is 33.2 Å². The fourth-order valence-electron chi connectivity index (χ4n) is 1.20. The largest absolute Gasteiger partial charge is 0.196 e.